The average Bonchev–Trinajstić information content (AvgIpc) is 3.19. The van der Waals surface area contributed by atoms with Crippen molar-refractivity contribution in [3.05, 3.63) is 67.4 Å². The number of anilines is 3. The van der Waals surface area contributed by atoms with E-state index in [4.69, 9.17) is 34.8 Å². The summed E-state index contributed by atoms with van der Waals surface area (Å²) >= 11 is 18.8. The van der Waals surface area contributed by atoms with Crippen molar-refractivity contribution in [2.45, 2.75) is 90.9 Å². The van der Waals surface area contributed by atoms with Gasteiger partial charge in [-0.25, -0.2) is 4.68 Å². The first kappa shape index (κ1) is 31.1. The fraction of sp³-hybridized carbons (Fsp3) is 0.467. The van der Waals surface area contributed by atoms with Crippen LogP contribution >= 0.6 is 34.8 Å². The Bertz CT molecular complexity index is 1290. The van der Waals surface area contributed by atoms with Crippen molar-refractivity contribution in [3.8, 4) is 5.69 Å². The van der Waals surface area contributed by atoms with E-state index in [2.05, 4.69) is 22.7 Å². The first-order valence-corrected chi connectivity index (χ1v) is 15.1. The Hall–Kier alpha value is -2.41. The van der Waals surface area contributed by atoms with Crippen LogP contribution in [0.3, 0.4) is 0 Å². The van der Waals surface area contributed by atoms with Crippen molar-refractivity contribution in [1.82, 2.24) is 9.78 Å². The Morgan fingerprint density at radius 3 is 2.13 bits per heavy atom. The van der Waals surface area contributed by atoms with Gasteiger partial charge in [-0.2, -0.15) is 0 Å². The first-order chi connectivity index (χ1) is 18.8. The van der Waals surface area contributed by atoms with E-state index in [-0.39, 0.29) is 11.5 Å². The van der Waals surface area contributed by atoms with Gasteiger partial charge in [-0.1, -0.05) is 106 Å². The Kier molecular flexibility index (Phi) is 12.8. The van der Waals surface area contributed by atoms with Gasteiger partial charge in [0.15, 0.2) is 0 Å². The fourth-order valence-corrected chi connectivity index (χ4v) is 5.01. The zero-order chi connectivity index (χ0) is 28.2. The molecule has 0 unspecified atom stereocenters. The molecule has 0 saturated carbocycles. The number of hydrogen-bond acceptors (Lipinski definition) is 3. The maximum Gasteiger partial charge on any atom is 0.276 e. The van der Waals surface area contributed by atoms with Gasteiger partial charge in [0.2, 0.25) is 5.91 Å². The van der Waals surface area contributed by atoms with Crippen LogP contribution in [0.25, 0.3) is 5.69 Å². The van der Waals surface area contributed by atoms with Crippen LogP contribution in [-0.4, -0.2) is 15.7 Å². The highest BCUT2D eigenvalue weighted by Crippen LogP contribution is 2.30. The normalized spacial score (nSPS) is 11.1. The molecule has 3 N–H and O–H groups in total. The molecule has 0 saturated heterocycles. The Morgan fingerprint density at radius 1 is 0.846 bits per heavy atom. The van der Waals surface area contributed by atoms with E-state index in [1.807, 2.05) is 0 Å². The molecular formula is C30H39Cl3N4O2. The lowest BCUT2D eigenvalue weighted by Crippen LogP contribution is -2.16. The fourth-order valence-electron chi connectivity index (χ4n) is 4.48. The van der Waals surface area contributed by atoms with Crippen molar-refractivity contribution < 1.29 is 4.79 Å². The second-order valence-corrected chi connectivity index (χ2v) is 11.3. The predicted molar refractivity (Wildman–Crippen MR) is 166 cm³/mol. The van der Waals surface area contributed by atoms with E-state index < -0.39 is 0 Å². The standard InChI is InChI=1S/C30H39Cl3N4O2/c1-3-4-5-6-7-8-9-10-11-12-13-14-28(38)34-23-16-18-24(32)26(20-23)35-29-21(2)30(39)37(36-29)27-19-22(31)15-17-25(27)33/h15-20,35-36H,3-14H2,1-2H3,(H,34,38). The minimum Gasteiger partial charge on any atom is -0.339 e. The van der Waals surface area contributed by atoms with Crippen LogP contribution in [0.4, 0.5) is 17.2 Å². The number of carbonyl (C=O) groups is 1. The van der Waals surface area contributed by atoms with Gasteiger partial charge in [0.1, 0.15) is 5.82 Å². The summed E-state index contributed by atoms with van der Waals surface area (Å²) in [6.45, 7) is 3.94. The molecule has 0 radical (unpaired) electrons. The predicted octanol–water partition coefficient (Wildman–Crippen LogP) is 9.82. The molecule has 0 aliphatic heterocycles. The van der Waals surface area contributed by atoms with Crippen LogP contribution in [-0.2, 0) is 4.79 Å². The summed E-state index contributed by atoms with van der Waals surface area (Å²) in [6.07, 6.45) is 14.2. The topological polar surface area (TPSA) is 78.9 Å². The molecule has 0 aliphatic rings. The van der Waals surface area contributed by atoms with Crippen LogP contribution in [0, 0.1) is 6.92 Å². The summed E-state index contributed by atoms with van der Waals surface area (Å²) in [5.41, 5.74) is 1.81. The maximum atomic E-state index is 12.9. The number of carbonyl (C=O) groups excluding carboxylic acids is 1. The summed E-state index contributed by atoms with van der Waals surface area (Å²) < 4.78 is 1.33. The molecule has 1 aromatic heterocycles. The average molecular weight is 594 g/mol. The van der Waals surface area contributed by atoms with E-state index in [9.17, 15) is 9.59 Å². The molecule has 0 atom stereocenters. The molecule has 1 amide bonds. The molecule has 39 heavy (non-hydrogen) atoms. The molecule has 0 bridgehead atoms. The van der Waals surface area contributed by atoms with Crippen LogP contribution in [0.2, 0.25) is 15.1 Å². The largest absolute Gasteiger partial charge is 0.339 e. The molecule has 0 spiro atoms. The number of aromatic nitrogens is 2. The number of aromatic amines is 1. The summed E-state index contributed by atoms with van der Waals surface area (Å²) in [7, 11) is 0. The Labute approximate surface area is 246 Å². The molecule has 3 aromatic rings. The summed E-state index contributed by atoms with van der Waals surface area (Å²) in [5, 5.41) is 10.5. The minimum atomic E-state index is -0.269. The molecule has 9 heteroatoms. The number of nitrogens with zero attached hydrogens (tertiary/aromatic N) is 1. The van der Waals surface area contributed by atoms with Crippen molar-refractivity contribution in [3.63, 3.8) is 0 Å². The minimum absolute atomic E-state index is 0.0227. The molecular weight excluding hydrogens is 555 g/mol. The van der Waals surface area contributed by atoms with E-state index in [0.29, 0.717) is 49.9 Å². The van der Waals surface area contributed by atoms with E-state index in [1.54, 1.807) is 43.3 Å². The maximum absolute atomic E-state index is 12.9. The van der Waals surface area contributed by atoms with Crippen molar-refractivity contribution in [1.29, 1.82) is 0 Å². The second kappa shape index (κ2) is 16.0. The molecule has 2 aromatic carbocycles. The highest BCUT2D eigenvalue weighted by Gasteiger charge is 2.16. The third-order valence-corrected chi connectivity index (χ3v) is 7.67. The SMILES string of the molecule is CCCCCCCCCCCCCC(=O)Nc1ccc(Cl)c(Nc2[nH]n(-c3cc(Cl)ccc3Cl)c(=O)c2C)c1. The van der Waals surface area contributed by atoms with Crippen LogP contribution < -0.4 is 16.2 Å². The van der Waals surface area contributed by atoms with Gasteiger partial charge in [-0.05, 0) is 49.7 Å². The van der Waals surface area contributed by atoms with Crippen LogP contribution in [0.1, 0.15) is 89.5 Å². The lowest BCUT2D eigenvalue weighted by molar-refractivity contribution is -0.116. The van der Waals surface area contributed by atoms with Gasteiger partial charge >= 0.3 is 0 Å². The summed E-state index contributed by atoms with van der Waals surface area (Å²) in [6, 6.07) is 10.1. The van der Waals surface area contributed by atoms with Crippen molar-refractivity contribution in [2.24, 2.45) is 0 Å². The third kappa shape index (κ3) is 9.63. The van der Waals surface area contributed by atoms with E-state index in [1.165, 1.54) is 62.5 Å². The summed E-state index contributed by atoms with van der Waals surface area (Å²) in [5.74, 6) is 0.438. The number of rotatable bonds is 16. The highest BCUT2D eigenvalue weighted by atomic mass is 35.5. The number of amides is 1. The highest BCUT2D eigenvalue weighted by molar-refractivity contribution is 6.34. The number of benzene rings is 2. The van der Waals surface area contributed by atoms with Gasteiger partial charge in [-0.15, -0.1) is 0 Å². The molecule has 212 valence electrons. The van der Waals surface area contributed by atoms with Crippen LogP contribution in [0.15, 0.2) is 41.2 Å². The van der Waals surface area contributed by atoms with Gasteiger partial charge in [-0.3, -0.25) is 14.7 Å². The monoisotopic (exact) mass is 592 g/mol. The lowest BCUT2D eigenvalue weighted by Gasteiger charge is -2.11. The number of halogens is 3. The molecule has 0 fully saturated rings. The molecule has 3 rings (SSSR count). The lowest BCUT2D eigenvalue weighted by atomic mass is 10.1. The van der Waals surface area contributed by atoms with Crippen LogP contribution in [0.5, 0.6) is 0 Å². The number of nitrogens with one attached hydrogen (secondary N) is 3. The van der Waals surface area contributed by atoms with E-state index >= 15 is 0 Å². The Balaban J connectivity index is 1.50. The smallest absolute Gasteiger partial charge is 0.276 e. The van der Waals surface area contributed by atoms with Gasteiger partial charge in [0, 0.05) is 17.1 Å². The van der Waals surface area contributed by atoms with Crippen molar-refractivity contribution >= 4 is 57.9 Å². The quantitative estimate of drug-likeness (QED) is 0.145. The zero-order valence-electron chi connectivity index (χ0n) is 22.8. The van der Waals surface area contributed by atoms with Gasteiger partial charge in [0.05, 0.1) is 27.0 Å². The number of hydrogen-bond donors (Lipinski definition) is 3. The third-order valence-electron chi connectivity index (χ3n) is 6.79. The van der Waals surface area contributed by atoms with Gasteiger partial charge in [0.25, 0.3) is 5.56 Å². The zero-order valence-corrected chi connectivity index (χ0v) is 25.1. The summed E-state index contributed by atoms with van der Waals surface area (Å²) in [4.78, 5) is 25.4. The van der Waals surface area contributed by atoms with Crippen molar-refractivity contribution in [2.75, 3.05) is 10.6 Å². The molecule has 1 heterocycles. The Morgan fingerprint density at radius 2 is 1.46 bits per heavy atom. The number of unbranched alkanes of at least 4 members (excludes halogenated alkanes) is 10. The molecule has 6 nitrogen and oxygen atoms in total. The second-order valence-electron chi connectivity index (χ2n) is 10.0. The van der Waals surface area contributed by atoms with Gasteiger partial charge < -0.3 is 10.6 Å². The first-order valence-electron chi connectivity index (χ1n) is 13.9. The molecule has 0 aliphatic carbocycles. The van der Waals surface area contributed by atoms with E-state index in [0.717, 1.165) is 12.8 Å². The number of H-pyrrole nitrogens is 1.